The van der Waals surface area contributed by atoms with Gasteiger partial charge in [0.05, 0.1) is 18.6 Å². The second-order valence-corrected chi connectivity index (χ2v) is 13.5. The number of hydrogen-bond acceptors (Lipinski definition) is 8. The van der Waals surface area contributed by atoms with Crippen LogP contribution in [0, 0.1) is 0 Å². The van der Waals surface area contributed by atoms with Crippen molar-refractivity contribution in [2.45, 2.75) is 70.6 Å². The Morgan fingerprint density at radius 2 is 1.17 bits per heavy atom. The number of carbonyl (C=O) groups excluding carboxylic acids is 1. The van der Waals surface area contributed by atoms with Gasteiger partial charge in [0, 0.05) is 17.2 Å². The van der Waals surface area contributed by atoms with Crippen molar-refractivity contribution in [3.8, 4) is 34.5 Å². The van der Waals surface area contributed by atoms with Gasteiger partial charge in [-0.15, -0.1) is 0 Å². The minimum absolute atomic E-state index is 0.266. The quantitative estimate of drug-likeness (QED) is 0.0223. The summed E-state index contributed by atoms with van der Waals surface area (Å²) in [7, 11) is 0. The van der Waals surface area contributed by atoms with E-state index in [1.54, 1.807) is 12.1 Å². The van der Waals surface area contributed by atoms with Crippen LogP contribution in [0.4, 0.5) is 0 Å². The molecule has 0 aromatic heterocycles. The number of fused-ring (bicyclic) bond motifs is 4. The Labute approximate surface area is 313 Å². The zero-order chi connectivity index (χ0) is 36.7. The van der Waals surface area contributed by atoms with Crippen molar-refractivity contribution in [1.82, 2.24) is 0 Å². The van der Waals surface area contributed by atoms with Gasteiger partial charge in [0.25, 0.3) is 0 Å². The van der Waals surface area contributed by atoms with E-state index in [-0.39, 0.29) is 6.61 Å². The smallest absolute Gasteiger partial charge is 0.336 e. The molecule has 0 fully saturated rings. The molecule has 0 amide bonds. The molecule has 6 rings (SSSR count). The van der Waals surface area contributed by atoms with Gasteiger partial charge in [0.1, 0.15) is 48.6 Å². The van der Waals surface area contributed by atoms with Gasteiger partial charge in [-0.3, -0.25) is 0 Å². The topological polar surface area (TPSA) is 81.7 Å². The van der Waals surface area contributed by atoms with Crippen LogP contribution >= 0.6 is 0 Å². The predicted molar refractivity (Wildman–Crippen MR) is 207 cm³/mol. The summed E-state index contributed by atoms with van der Waals surface area (Å²) in [6, 6.07) is 26.8. The highest BCUT2D eigenvalue weighted by molar-refractivity contribution is 5.88. The molecule has 0 N–H and O–H groups in total. The summed E-state index contributed by atoms with van der Waals surface area (Å²) in [6.07, 6.45) is 16.4. The number of ether oxygens (including phenoxy) is 5. The SMILES string of the molecule is CCCCCCOc1ccc(C=CCOOc2ccc3c(c2)C2(CO3)COc3ccc(OC(=O)C=Cc4ccc(OCCCCCC)cc4)cc32)cc1. The molecule has 1 spiro atoms. The molecule has 8 nitrogen and oxygen atoms in total. The molecule has 0 aliphatic carbocycles. The maximum absolute atomic E-state index is 12.8. The number of esters is 1. The van der Waals surface area contributed by atoms with Crippen molar-refractivity contribution in [2.75, 3.05) is 33.0 Å². The van der Waals surface area contributed by atoms with Gasteiger partial charge in [-0.05, 0) is 90.7 Å². The minimum Gasteiger partial charge on any atom is -0.494 e. The van der Waals surface area contributed by atoms with E-state index < -0.39 is 11.4 Å². The first-order valence-electron chi connectivity index (χ1n) is 18.9. The van der Waals surface area contributed by atoms with Crippen LogP contribution in [0.25, 0.3) is 12.2 Å². The number of rotatable bonds is 20. The summed E-state index contributed by atoms with van der Waals surface area (Å²) in [6.45, 7) is 6.90. The van der Waals surface area contributed by atoms with E-state index in [4.69, 9.17) is 33.5 Å². The highest BCUT2D eigenvalue weighted by Crippen LogP contribution is 2.52. The Morgan fingerprint density at radius 1 is 0.642 bits per heavy atom. The number of carbonyl (C=O) groups is 1. The molecule has 0 saturated heterocycles. The second-order valence-electron chi connectivity index (χ2n) is 13.5. The lowest BCUT2D eigenvalue weighted by Gasteiger charge is -2.21. The summed E-state index contributed by atoms with van der Waals surface area (Å²) in [5.74, 6) is 3.69. The third-order valence-electron chi connectivity index (χ3n) is 9.43. The van der Waals surface area contributed by atoms with Gasteiger partial charge in [-0.1, -0.05) is 88.8 Å². The van der Waals surface area contributed by atoms with Crippen LogP contribution in [0.15, 0.2) is 97.1 Å². The normalized spacial score (nSPS) is 15.7. The van der Waals surface area contributed by atoms with Crippen molar-refractivity contribution < 1.29 is 38.3 Å². The number of hydrogen-bond donors (Lipinski definition) is 0. The van der Waals surface area contributed by atoms with Crippen molar-refractivity contribution in [3.05, 3.63) is 119 Å². The molecule has 0 bridgehead atoms. The fourth-order valence-corrected chi connectivity index (χ4v) is 6.46. The Bertz CT molecular complexity index is 1820. The zero-order valence-electron chi connectivity index (χ0n) is 30.9. The monoisotopic (exact) mass is 718 g/mol. The van der Waals surface area contributed by atoms with Crippen LogP contribution < -0.4 is 28.6 Å². The third kappa shape index (κ3) is 10.2. The third-order valence-corrected chi connectivity index (χ3v) is 9.43. The number of unbranched alkanes of at least 4 members (excludes halogenated alkanes) is 6. The van der Waals surface area contributed by atoms with E-state index in [9.17, 15) is 4.79 Å². The molecular formula is C45H50O8. The highest BCUT2D eigenvalue weighted by atomic mass is 17.2. The highest BCUT2D eigenvalue weighted by Gasteiger charge is 2.49. The molecule has 0 saturated carbocycles. The Hall–Kier alpha value is -5.21. The van der Waals surface area contributed by atoms with E-state index in [2.05, 4.69) is 13.8 Å². The summed E-state index contributed by atoms with van der Waals surface area (Å²) in [5, 5.41) is 0. The van der Waals surface area contributed by atoms with Crippen LogP contribution in [0.3, 0.4) is 0 Å². The van der Waals surface area contributed by atoms with Gasteiger partial charge in [-0.2, -0.15) is 4.89 Å². The second kappa shape index (κ2) is 19.0. The summed E-state index contributed by atoms with van der Waals surface area (Å²) in [5.41, 5.74) is 3.17. The zero-order valence-corrected chi connectivity index (χ0v) is 30.9. The maximum atomic E-state index is 12.8. The lowest BCUT2D eigenvalue weighted by molar-refractivity contribution is -0.195. The number of benzene rings is 4. The lowest BCUT2D eigenvalue weighted by Crippen LogP contribution is -2.31. The van der Waals surface area contributed by atoms with Crippen molar-refractivity contribution in [2.24, 2.45) is 0 Å². The van der Waals surface area contributed by atoms with Crippen LogP contribution in [0.1, 0.15) is 87.5 Å². The van der Waals surface area contributed by atoms with Gasteiger partial charge in [-0.25, -0.2) is 4.79 Å². The Morgan fingerprint density at radius 3 is 1.75 bits per heavy atom. The first-order valence-corrected chi connectivity index (χ1v) is 18.9. The Balaban J connectivity index is 1.00. The lowest BCUT2D eigenvalue weighted by atomic mass is 9.78. The van der Waals surface area contributed by atoms with Gasteiger partial charge < -0.3 is 28.6 Å². The van der Waals surface area contributed by atoms with Crippen LogP contribution in [-0.4, -0.2) is 39.0 Å². The first kappa shape index (κ1) is 37.5. The van der Waals surface area contributed by atoms with Crippen molar-refractivity contribution >= 4 is 18.1 Å². The largest absolute Gasteiger partial charge is 0.494 e. The van der Waals surface area contributed by atoms with E-state index in [0.717, 1.165) is 64.7 Å². The van der Waals surface area contributed by atoms with Crippen LogP contribution in [-0.2, 0) is 15.1 Å². The van der Waals surface area contributed by atoms with Crippen LogP contribution in [0.5, 0.6) is 34.5 Å². The van der Waals surface area contributed by atoms with E-state index >= 15 is 0 Å². The summed E-state index contributed by atoms with van der Waals surface area (Å²) < 4.78 is 29.6. The molecule has 4 aromatic carbocycles. The first-order chi connectivity index (χ1) is 26.1. The van der Waals surface area contributed by atoms with Gasteiger partial charge in [0.15, 0.2) is 5.75 Å². The average molecular weight is 719 g/mol. The van der Waals surface area contributed by atoms with Crippen molar-refractivity contribution in [3.63, 3.8) is 0 Å². The molecule has 2 heterocycles. The summed E-state index contributed by atoms with van der Waals surface area (Å²) in [4.78, 5) is 24.0. The molecule has 53 heavy (non-hydrogen) atoms. The summed E-state index contributed by atoms with van der Waals surface area (Å²) >= 11 is 0. The molecule has 2 aliphatic rings. The molecular weight excluding hydrogens is 668 g/mol. The molecule has 4 aromatic rings. The standard InChI is InChI=1S/C45H50O8/c1-3-5-7-9-27-47-36-18-13-34(14-19-36)12-11-29-51-53-39-23-25-43-41(31-39)45(33-50-43)32-49-42-24-22-38(30-40(42)45)52-44(46)26-17-35-15-20-37(21-16-35)48-28-10-8-6-4-2/h11-26,30-31H,3-10,27-29,32-33H2,1-2H3. The minimum atomic E-state index is -0.576. The maximum Gasteiger partial charge on any atom is 0.336 e. The van der Waals surface area contributed by atoms with Crippen LogP contribution in [0.2, 0.25) is 0 Å². The molecule has 1 unspecified atom stereocenters. The molecule has 8 heteroatoms. The van der Waals surface area contributed by atoms with Crippen molar-refractivity contribution in [1.29, 1.82) is 0 Å². The molecule has 2 aliphatic heterocycles. The average Bonchev–Trinajstić information content (AvgIpc) is 3.74. The van der Waals surface area contributed by atoms with Gasteiger partial charge in [0.2, 0.25) is 0 Å². The van der Waals surface area contributed by atoms with E-state index in [1.807, 2.05) is 91.0 Å². The van der Waals surface area contributed by atoms with Gasteiger partial charge >= 0.3 is 5.97 Å². The predicted octanol–water partition coefficient (Wildman–Crippen LogP) is 10.3. The fourth-order valence-electron chi connectivity index (χ4n) is 6.46. The fraction of sp³-hybridized carbons (Fsp3) is 0.356. The molecule has 278 valence electrons. The van der Waals surface area contributed by atoms with E-state index in [0.29, 0.717) is 31.3 Å². The Kier molecular flexibility index (Phi) is 13.5. The van der Waals surface area contributed by atoms with E-state index in [1.165, 1.54) is 44.6 Å². The molecule has 0 radical (unpaired) electrons. The molecule has 1 atom stereocenters.